The average molecular weight is 194 g/mol. The van der Waals surface area contributed by atoms with Crippen LogP contribution < -0.4 is 5.32 Å². The van der Waals surface area contributed by atoms with Gasteiger partial charge in [-0.15, -0.1) is 0 Å². The molecule has 0 saturated heterocycles. The number of hydrogen-bond acceptors (Lipinski definition) is 3. The van der Waals surface area contributed by atoms with Crippen molar-refractivity contribution in [3.05, 3.63) is 12.2 Å². The van der Waals surface area contributed by atoms with Gasteiger partial charge in [-0.25, -0.2) is 4.98 Å². The van der Waals surface area contributed by atoms with E-state index >= 15 is 0 Å². The van der Waals surface area contributed by atoms with E-state index in [2.05, 4.69) is 27.4 Å². The maximum absolute atomic E-state index is 4.20. The molecule has 0 aromatic carbocycles. The third kappa shape index (κ3) is 2.54. The van der Waals surface area contributed by atoms with E-state index < -0.39 is 0 Å². The standard InChI is InChI=1S/C10H18N4/c1-2-11-9(6-5-8-3-4-8)10-12-7-13-14-10/h7-9,11H,2-6H2,1H3,(H,12,13,14). The third-order valence-corrected chi connectivity index (χ3v) is 2.77. The third-order valence-electron chi connectivity index (χ3n) is 2.77. The van der Waals surface area contributed by atoms with Crippen molar-refractivity contribution in [2.24, 2.45) is 5.92 Å². The Hall–Kier alpha value is -0.900. The van der Waals surface area contributed by atoms with Gasteiger partial charge in [0.15, 0.2) is 0 Å². The SMILES string of the molecule is CCNC(CCC1CC1)c1ncn[nH]1. The predicted octanol–water partition coefficient (Wildman–Crippen LogP) is 1.65. The van der Waals surface area contributed by atoms with Crippen LogP contribution in [-0.2, 0) is 0 Å². The van der Waals surface area contributed by atoms with E-state index in [1.54, 1.807) is 6.33 Å². The largest absolute Gasteiger partial charge is 0.308 e. The molecule has 14 heavy (non-hydrogen) atoms. The molecule has 4 nitrogen and oxygen atoms in total. The van der Waals surface area contributed by atoms with Crippen LogP contribution in [0.2, 0.25) is 0 Å². The van der Waals surface area contributed by atoms with Gasteiger partial charge in [-0.1, -0.05) is 19.8 Å². The summed E-state index contributed by atoms with van der Waals surface area (Å²) >= 11 is 0. The van der Waals surface area contributed by atoms with Crippen molar-refractivity contribution in [1.29, 1.82) is 0 Å². The zero-order valence-corrected chi connectivity index (χ0v) is 8.66. The van der Waals surface area contributed by atoms with Crippen molar-refractivity contribution in [2.45, 2.75) is 38.6 Å². The second-order valence-electron chi connectivity index (χ2n) is 4.00. The van der Waals surface area contributed by atoms with Gasteiger partial charge < -0.3 is 5.32 Å². The van der Waals surface area contributed by atoms with Crippen LogP contribution in [0.5, 0.6) is 0 Å². The lowest BCUT2D eigenvalue weighted by Gasteiger charge is -2.14. The van der Waals surface area contributed by atoms with Crippen molar-refractivity contribution in [3.8, 4) is 0 Å². The highest BCUT2D eigenvalue weighted by atomic mass is 15.2. The van der Waals surface area contributed by atoms with E-state index in [4.69, 9.17) is 0 Å². The Bertz CT molecular complexity index is 253. The summed E-state index contributed by atoms with van der Waals surface area (Å²) in [5.41, 5.74) is 0. The van der Waals surface area contributed by atoms with Crippen LogP contribution in [0.15, 0.2) is 6.33 Å². The molecule has 1 aromatic heterocycles. The molecule has 0 aliphatic heterocycles. The average Bonchev–Trinajstić information content (AvgIpc) is 2.86. The van der Waals surface area contributed by atoms with Crippen LogP contribution in [0.25, 0.3) is 0 Å². The molecule has 1 aromatic rings. The van der Waals surface area contributed by atoms with Gasteiger partial charge >= 0.3 is 0 Å². The summed E-state index contributed by atoms with van der Waals surface area (Å²) < 4.78 is 0. The molecule has 1 heterocycles. The molecule has 1 fully saturated rings. The number of rotatable bonds is 6. The molecule has 2 rings (SSSR count). The van der Waals surface area contributed by atoms with Crippen molar-refractivity contribution >= 4 is 0 Å². The zero-order chi connectivity index (χ0) is 9.80. The molecule has 2 N–H and O–H groups in total. The van der Waals surface area contributed by atoms with Crippen LogP contribution >= 0.6 is 0 Å². The molecular formula is C10H18N4. The zero-order valence-electron chi connectivity index (χ0n) is 8.66. The Labute approximate surface area is 84.5 Å². The molecule has 1 aliphatic carbocycles. The van der Waals surface area contributed by atoms with Crippen molar-refractivity contribution < 1.29 is 0 Å². The van der Waals surface area contributed by atoms with E-state index in [9.17, 15) is 0 Å². The molecule has 1 saturated carbocycles. The molecule has 0 bridgehead atoms. The number of nitrogens with zero attached hydrogens (tertiary/aromatic N) is 2. The molecule has 78 valence electrons. The molecule has 1 atom stereocenters. The normalized spacial score (nSPS) is 18.4. The summed E-state index contributed by atoms with van der Waals surface area (Å²) in [6.07, 6.45) is 6.92. The second-order valence-corrected chi connectivity index (χ2v) is 4.00. The Morgan fingerprint density at radius 2 is 2.50 bits per heavy atom. The van der Waals surface area contributed by atoms with E-state index in [-0.39, 0.29) is 0 Å². The molecule has 1 aliphatic rings. The highest BCUT2D eigenvalue weighted by Gasteiger charge is 2.23. The van der Waals surface area contributed by atoms with Crippen LogP contribution in [0.1, 0.15) is 44.5 Å². The van der Waals surface area contributed by atoms with Gasteiger partial charge in [0.05, 0.1) is 6.04 Å². The van der Waals surface area contributed by atoms with Gasteiger partial charge in [0.2, 0.25) is 0 Å². The van der Waals surface area contributed by atoms with E-state index in [0.29, 0.717) is 6.04 Å². The lowest BCUT2D eigenvalue weighted by molar-refractivity contribution is 0.463. The van der Waals surface area contributed by atoms with Gasteiger partial charge in [-0.2, -0.15) is 5.10 Å². The van der Waals surface area contributed by atoms with Crippen LogP contribution in [0, 0.1) is 5.92 Å². The minimum absolute atomic E-state index is 0.364. The minimum atomic E-state index is 0.364. The molecule has 1 unspecified atom stereocenters. The van der Waals surface area contributed by atoms with Gasteiger partial charge in [0.25, 0.3) is 0 Å². The van der Waals surface area contributed by atoms with Crippen molar-refractivity contribution in [3.63, 3.8) is 0 Å². The Morgan fingerprint density at radius 1 is 1.64 bits per heavy atom. The van der Waals surface area contributed by atoms with Crippen LogP contribution in [0.4, 0.5) is 0 Å². The molecule has 0 spiro atoms. The topological polar surface area (TPSA) is 53.6 Å². The van der Waals surface area contributed by atoms with Gasteiger partial charge in [0, 0.05) is 0 Å². The van der Waals surface area contributed by atoms with Gasteiger partial charge in [-0.05, 0) is 25.3 Å². The van der Waals surface area contributed by atoms with Crippen molar-refractivity contribution in [1.82, 2.24) is 20.5 Å². The maximum Gasteiger partial charge on any atom is 0.141 e. The summed E-state index contributed by atoms with van der Waals surface area (Å²) in [7, 11) is 0. The smallest absolute Gasteiger partial charge is 0.141 e. The Morgan fingerprint density at radius 3 is 3.07 bits per heavy atom. The summed E-state index contributed by atoms with van der Waals surface area (Å²) in [6.45, 7) is 3.11. The summed E-state index contributed by atoms with van der Waals surface area (Å²) in [5.74, 6) is 1.96. The van der Waals surface area contributed by atoms with E-state index in [1.165, 1.54) is 25.7 Å². The summed E-state index contributed by atoms with van der Waals surface area (Å²) in [5, 5.41) is 10.3. The van der Waals surface area contributed by atoms with Crippen molar-refractivity contribution in [2.75, 3.05) is 6.54 Å². The highest BCUT2D eigenvalue weighted by Crippen LogP contribution is 2.35. The fourth-order valence-corrected chi connectivity index (χ4v) is 1.77. The molecular weight excluding hydrogens is 176 g/mol. The van der Waals surface area contributed by atoms with E-state index in [0.717, 1.165) is 18.3 Å². The first-order valence-electron chi connectivity index (χ1n) is 5.48. The lowest BCUT2D eigenvalue weighted by atomic mass is 10.1. The Kier molecular flexibility index (Phi) is 3.14. The Balaban J connectivity index is 1.85. The van der Waals surface area contributed by atoms with E-state index in [1.807, 2.05) is 0 Å². The fraction of sp³-hybridized carbons (Fsp3) is 0.800. The first kappa shape index (κ1) is 9.65. The number of aromatic nitrogens is 3. The number of nitrogens with one attached hydrogen (secondary N) is 2. The molecule has 4 heteroatoms. The maximum atomic E-state index is 4.20. The molecule has 0 radical (unpaired) electrons. The fourth-order valence-electron chi connectivity index (χ4n) is 1.77. The minimum Gasteiger partial charge on any atom is -0.308 e. The first-order valence-corrected chi connectivity index (χ1v) is 5.48. The van der Waals surface area contributed by atoms with Crippen LogP contribution in [0.3, 0.4) is 0 Å². The number of aromatic amines is 1. The number of H-pyrrole nitrogens is 1. The lowest BCUT2D eigenvalue weighted by Crippen LogP contribution is -2.22. The van der Waals surface area contributed by atoms with Gasteiger partial charge in [-0.3, -0.25) is 5.10 Å². The predicted molar refractivity (Wildman–Crippen MR) is 54.8 cm³/mol. The molecule has 0 amide bonds. The van der Waals surface area contributed by atoms with Gasteiger partial charge in [0.1, 0.15) is 12.2 Å². The highest BCUT2D eigenvalue weighted by molar-refractivity contribution is 4.92. The first-order chi connectivity index (χ1) is 6.90. The monoisotopic (exact) mass is 194 g/mol. The summed E-state index contributed by atoms with van der Waals surface area (Å²) in [4.78, 5) is 4.20. The number of hydrogen-bond donors (Lipinski definition) is 2. The summed E-state index contributed by atoms with van der Waals surface area (Å²) in [6, 6.07) is 0.364. The quantitative estimate of drug-likeness (QED) is 0.724. The second kappa shape index (κ2) is 4.55. The van der Waals surface area contributed by atoms with Crippen LogP contribution in [-0.4, -0.2) is 21.7 Å².